The number of nitrogens with one attached hydrogen (secondary N) is 1. The highest BCUT2D eigenvalue weighted by molar-refractivity contribution is 5.96. The summed E-state index contributed by atoms with van der Waals surface area (Å²) in [7, 11) is 0. The number of H-pyrrole nitrogens is 1. The van der Waals surface area contributed by atoms with Crippen molar-refractivity contribution in [2.24, 2.45) is 5.73 Å². The molecule has 7 heteroatoms. The monoisotopic (exact) mass is 178 g/mol. The van der Waals surface area contributed by atoms with Crippen LogP contribution in [0, 0.1) is 0 Å². The molecule has 0 unspecified atom stereocenters. The summed E-state index contributed by atoms with van der Waals surface area (Å²) < 4.78 is 0. The molecule has 2 aromatic heterocycles. The van der Waals surface area contributed by atoms with Crippen molar-refractivity contribution in [1.82, 2.24) is 20.2 Å². The number of nitrogens with zero attached hydrogens (tertiary/aromatic N) is 3. The van der Waals surface area contributed by atoms with Gasteiger partial charge in [0.25, 0.3) is 5.91 Å². The highest BCUT2D eigenvalue weighted by Gasteiger charge is 2.11. The molecule has 2 aromatic rings. The molecule has 0 aliphatic rings. The Morgan fingerprint density at radius 1 is 1.46 bits per heavy atom. The van der Waals surface area contributed by atoms with Gasteiger partial charge >= 0.3 is 0 Å². The van der Waals surface area contributed by atoms with E-state index in [-0.39, 0.29) is 11.5 Å². The van der Waals surface area contributed by atoms with Crippen molar-refractivity contribution < 1.29 is 4.79 Å². The van der Waals surface area contributed by atoms with Gasteiger partial charge in [0, 0.05) is 0 Å². The highest BCUT2D eigenvalue weighted by atomic mass is 16.1. The first kappa shape index (κ1) is 7.47. The molecule has 13 heavy (non-hydrogen) atoms. The van der Waals surface area contributed by atoms with Crippen molar-refractivity contribution in [3.63, 3.8) is 0 Å². The number of nitrogens with two attached hydrogens (primary N) is 2. The van der Waals surface area contributed by atoms with E-state index in [1.165, 1.54) is 6.20 Å². The number of carbonyl (C=O) groups is 1. The van der Waals surface area contributed by atoms with E-state index in [1.807, 2.05) is 0 Å². The first-order chi connectivity index (χ1) is 6.18. The molecule has 66 valence electrons. The van der Waals surface area contributed by atoms with Gasteiger partial charge in [-0.25, -0.2) is 9.97 Å². The van der Waals surface area contributed by atoms with Crippen LogP contribution in [-0.2, 0) is 0 Å². The van der Waals surface area contributed by atoms with Crippen LogP contribution >= 0.6 is 0 Å². The van der Waals surface area contributed by atoms with E-state index < -0.39 is 5.91 Å². The van der Waals surface area contributed by atoms with Gasteiger partial charge in [0.15, 0.2) is 17.2 Å². The molecule has 0 fully saturated rings. The van der Waals surface area contributed by atoms with E-state index in [0.717, 1.165) is 0 Å². The Labute approximate surface area is 72.2 Å². The Bertz CT molecular complexity index is 475. The molecule has 0 radical (unpaired) electrons. The standard InChI is InChI=1S/C6H6N6O/c7-4-3(5(8)13)10-2-1-9-12-6(2)11-4/h1H,(H2,8,13)(H3,7,9,11,12). The minimum absolute atomic E-state index is 0.00394. The van der Waals surface area contributed by atoms with Crippen LogP contribution in [0.25, 0.3) is 11.2 Å². The molecule has 2 rings (SSSR count). The predicted molar refractivity (Wildman–Crippen MR) is 44.6 cm³/mol. The number of aromatic nitrogens is 4. The number of nitrogen functional groups attached to an aromatic ring is 1. The Morgan fingerprint density at radius 2 is 2.23 bits per heavy atom. The first-order valence-electron chi connectivity index (χ1n) is 3.45. The second-order valence-electron chi connectivity index (χ2n) is 2.43. The lowest BCUT2D eigenvalue weighted by Gasteiger charge is -1.97. The number of hydrogen-bond acceptors (Lipinski definition) is 5. The van der Waals surface area contributed by atoms with E-state index in [4.69, 9.17) is 11.5 Å². The lowest BCUT2D eigenvalue weighted by atomic mass is 10.4. The number of fused-ring (bicyclic) bond motifs is 1. The first-order valence-corrected chi connectivity index (χ1v) is 3.45. The maximum Gasteiger partial charge on any atom is 0.271 e. The number of carbonyl (C=O) groups excluding carboxylic acids is 1. The summed E-state index contributed by atoms with van der Waals surface area (Å²) in [6.07, 6.45) is 1.44. The second-order valence-corrected chi connectivity index (χ2v) is 2.43. The minimum atomic E-state index is -0.701. The van der Waals surface area contributed by atoms with Crippen molar-refractivity contribution in [3.05, 3.63) is 11.9 Å². The smallest absolute Gasteiger partial charge is 0.271 e. The summed E-state index contributed by atoms with van der Waals surface area (Å²) in [6.45, 7) is 0. The predicted octanol–water partition coefficient (Wildman–Crippen LogP) is -0.966. The number of primary amides is 1. The zero-order chi connectivity index (χ0) is 9.42. The fraction of sp³-hybridized carbons (Fsp3) is 0. The Balaban J connectivity index is 2.76. The molecule has 0 aliphatic heterocycles. The summed E-state index contributed by atoms with van der Waals surface area (Å²) in [5, 5.41) is 6.26. The molecule has 0 atom stereocenters. The third-order valence-corrected chi connectivity index (χ3v) is 1.54. The van der Waals surface area contributed by atoms with E-state index in [0.29, 0.717) is 11.2 Å². The largest absolute Gasteiger partial charge is 0.382 e. The number of hydrogen-bond donors (Lipinski definition) is 3. The summed E-state index contributed by atoms with van der Waals surface area (Å²) >= 11 is 0. The lowest BCUT2D eigenvalue weighted by molar-refractivity contribution is 0.0996. The highest BCUT2D eigenvalue weighted by Crippen LogP contribution is 2.10. The molecule has 1 amide bonds. The third-order valence-electron chi connectivity index (χ3n) is 1.54. The molecular formula is C6H6N6O. The van der Waals surface area contributed by atoms with Crippen molar-refractivity contribution in [1.29, 1.82) is 0 Å². The van der Waals surface area contributed by atoms with Crippen LogP contribution in [0.3, 0.4) is 0 Å². The van der Waals surface area contributed by atoms with Crippen LogP contribution in [-0.4, -0.2) is 26.1 Å². The quantitative estimate of drug-likeness (QED) is 0.518. The second kappa shape index (κ2) is 2.41. The average molecular weight is 178 g/mol. The lowest BCUT2D eigenvalue weighted by Crippen LogP contribution is -2.16. The molecule has 0 bridgehead atoms. The molecule has 0 aliphatic carbocycles. The normalized spacial score (nSPS) is 10.5. The molecule has 7 nitrogen and oxygen atoms in total. The van der Waals surface area contributed by atoms with Gasteiger partial charge in [-0.1, -0.05) is 0 Å². The number of amides is 1. The van der Waals surface area contributed by atoms with Crippen molar-refractivity contribution in [2.75, 3.05) is 5.73 Å². The van der Waals surface area contributed by atoms with Crippen LogP contribution in [0.1, 0.15) is 10.5 Å². The summed E-state index contributed by atoms with van der Waals surface area (Å²) in [5.41, 5.74) is 11.3. The summed E-state index contributed by atoms with van der Waals surface area (Å²) in [6, 6.07) is 0. The topological polar surface area (TPSA) is 124 Å². The Kier molecular flexibility index (Phi) is 1.38. The van der Waals surface area contributed by atoms with Gasteiger partial charge in [-0.3, -0.25) is 9.89 Å². The van der Waals surface area contributed by atoms with Crippen molar-refractivity contribution >= 4 is 22.9 Å². The Hall–Kier alpha value is -2.18. The fourth-order valence-electron chi connectivity index (χ4n) is 0.970. The average Bonchev–Trinajstić information content (AvgIpc) is 2.48. The van der Waals surface area contributed by atoms with Crippen molar-refractivity contribution in [2.45, 2.75) is 0 Å². The SMILES string of the molecule is NC(=O)c1nc2cn[nH]c2nc1N. The zero-order valence-corrected chi connectivity index (χ0v) is 6.48. The number of aromatic amines is 1. The van der Waals surface area contributed by atoms with Gasteiger partial charge in [0.1, 0.15) is 5.52 Å². The molecule has 0 saturated heterocycles. The summed E-state index contributed by atoms with van der Waals surface area (Å²) in [4.78, 5) is 18.5. The summed E-state index contributed by atoms with van der Waals surface area (Å²) in [5.74, 6) is -0.697. The fourth-order valence-corrected chi connectivity index (χ4v) is 0.970. The molecule has 0 aromatic carbocycles. The number of anilines is 1. The van der Waals surface area contributed by atoms with E-state index >= 15 is 0 Å². The van der Waals surface area contributed by atoms with E-state index in [9.17, 15) is 4.79 Å². The van der Waals surface area contributed by atoms with Gasteiger partial charge in [-0.2, -0.15) is 5.10 Å². The van der Waals surface area contributed by atoms with Gasteiger partial charge in [-0.05, 0) is 0 Å². The zero-order valence-electron chi connectivity index (χ0n) is 6.48. The minimum Gasteiger partial charge on any atom is -0.382 e. The number of rotatable bonds is 1. The molecule has 0 spiro atoms. The van der Waals surface area contributed by atoms with Gasteiger partial charge in [0.2, 0.25) is 0 Å². The maximum atomic E-state index is 10.8. The Morgan fingerprint density at radius 3 is 2.92 bits per heavy atom. The van der Waals surface area contributed by atoms with Crippen molar-refractivity contribution in [3.8, 4) is 0 Å². The molecule has 0 saturated carbocycles. The van der Waals surface area contributed by atoms with Gasteiger partial charge < -0.3 is 11.5 Å². The molecule has 2 heterocycles. The van der Waals surface area contributed by atoms with E-state index in [2.05, 4.69) is 20.2 Å². The van der Waals surface area contributed by atoms with Crippen LogP contribution < -0.4 is 11.5 Å². The van der Waals surface area contributed by atoms with Crippen LogP contribution in [0.15, 0.2) is 6.20 Å². The molecule has 5 N–H and O–H groups in total. The van der Waals surface area contributed by atoms with E-state index in [1.54, 1.807) is 0 Å². The molecular weight excluding hydrogens is 172 g/mol. The van der Waals surface area contributed by atoms with Crippen LogP contribution in [0.4, 0.5) is 5.82 Å². The van der Waals surface area contributed by atoms with Crippen LogP contribution in [0.5, 0.6) is 0 Å². The third kappa shape index (κ3) is 1.06. The van der Waals surface area contributed by atoms with Gasteiger partial charge in [0.05, 0.1) is 6.20 Å². The van der Waals surface area contributed by atoms with Crippen LogP contribution in [0.2, 0.25) is 0 Å². The van der Waals surface area contributed by atoms with Gasteiger partial charge in [-0.15, -0.1) is 0 Å². The maximum absolute atomic E-state index is 10.8.